The average Bonchev–Trinajstić information content (AvgIpc) is 2.48. The number of hydrogen-bond acceptors (Lipinski definition) is 3. The monoisotopic (exact) mass is 245 g/mol. The Morgan fingerprint density at radius 2 is 1.50 bits per heavy atom. The van der Waals surface area contributed by atoms with E-state index in [1.807, 2.05) is 52.0 Å². The highest BCUT2D eigenvalue weighted by Crippen LogP contribution is 2.40. The van der Waals surface area contributed by atoms with E-state index in [0.717, 1.165) is 16.7 Å². The van der Waals surface area contributed by atoms with E-state index in [9.17, 15) is 0 Å². The molecule has 4 heteroatoms. The molecule has 0 atom stereocenters. The zero-order valence-electron chi connectivity index (χ0n) is 11.5. The van der Waals surface area contributed by atoms with E-state index < -0.39 is 7.12 Å². The lowest BCUT2D eigenvalue weighted by atomic mass is 9.75. The third-order valence-corrected chi connectivity index (χ3v) is 3.82. The molecule has 0 saturated carbocycles. The van der Waals surface area contributed by atoms with Gasteiger partial charge >= 0.3 is 7.12 Å². The first-order valence-electron chi connectivity index (χ1n) is 6.13. The van der Waals surface area contributed by atoms with Gasteiger partial charge < -0.3 is 15.0 Å². The van der Waals surface area contributed by atoms with Gasteiger partial charge in [-0.2, -0.15) is 0 Å². The number of hydrogen-bond donors (Lipinski definition) is 1. The van der Waals surface area contributed by atoms with Gasteiger partial charge in [-0.15, -0.1) is 0 Å². The first-order chi connectivity index (χ1) is 8.23. The summed E-state index contributed by atoms with van der Waals surface area (Å²) in [6.07, 6.45) is 0. The van der Waals surface area contributed by atoms with E-state index >= 15 is 0 Å². The molecule has 1 aromatic carbocycles. The molecule has 0 bridgehead atoms. The Labute approximate surface area is 109 Å². The Morgan fingerprint density at radius 3 is 1.94 bits per heavy atom. The van der Waals surface area contributed by atoms with Gasteiger partial charge in [0.05, 0.1) is 11.2 Å². The molecule has 2 rings (SSSR count). The van der Waals surface area contributed by atoms with E-state index in [4.69, 9.17) is 15.0 Å². The van der Waals surface area contributed by atoms with Crippen LogP contribution in [0.5, 0.6) is 0 Å². The Balaban J connectivity index is 2.20. The number of nitrogens with two attached hydrogens (primary N) is 1. The SMILES string of the molecule is C=C(B1OC(C)(C)C(C)(C)O1)c1ccc(N)cc1. The van der Waals surface area contributed by atoms with Crippen molar-refractivity contribution in [3.05, 3.63) is 36.4 Å². The van der Waals surface area contributed by atoms with Crippen LogP contribution >= 0.6 is 0 Å². The molecule has 1 saturated heterocycles. The number of anilines is 1. The number of rotatable bonds is 2. The van der Waals surface area contributed by atoms with Crippen LogP contribution in [-0.4, -0.2) is 18.3 Å². The van der Waals surface area contributed by atoms with Crippen molar-refractivity contribution in [3.63, 3.8) is 0 Å². The quantitative estimate of drug-likeness (QED) is 0.643. The van der Waals surface area contributed by atoms with Crippen LogP contribution < -0.4 is 5.73 Å². The summed E-state index contributed by atoms with van der Waals surface area (Å²) in [6.45, 7) is 12.2. The molecule has 18 heavy (non-hydrogen) atoms. The molecule has 1 aromatic rings. The number of nitrogen functional groups attached to an aromatic ring is 1. The maximum absolute atomic E-state index is 5.96. The van der Waals surface area contributed by atoms with Gasteiger partial charge in [-0.25, -0.2) is 0 Å². The summed E-state index contributed by atoms with van der Waals surface area (Å²) in [4.78, 5) is 0. The summed E-state index contributed by atoms with van der Waals surface area (Å²) in [5.41, 5.74) is 7.55. The van der Waals surface area contributed by atoms with Gasteiger partial charge in [-0.3, -0.25) is 0 Å². The van der Waals surface area contributed by atoms with Crippen molar-refractivity contribution in [3.8, 4) is 0 Å². The van der Waals surface area contributed by atoms with Crippen LogP contribution in [0.25, 0.3) is 5.47 Å². The highest BCUT2D eigenvalue weighted by atomic mass is 16.7. The molecule has 1 fully saturated rings. The Bertz CT molecular complexity index is 449. The van der Waals surface area contributed by atoms with Crippen molar-refractivity contribution in [2.24, 2.45) is 0 Å². The fourth-order valence-electron chi connectivity index (χ4n) is 1.82. The molecule has 1 aliphatic heterocycles. The third-order valence-electron chi connectivity index (χ3n) is 3.82. The molecule has 0 unspecified atom stereocenters. The predicted molar refractivity (Wildman–Crippen MR) is 76.0 cm³/mol. The molecule has 3 nitrogen and oxygen atoms in total. The minimum atomic E-state index is -0.404. The van der Waals surface area contributed by atoms with Crippen LogP contribution in [0.4, 0.5) is 5.69 Å². The maximum atomic E-state index is 5.96. The van der Waals surface area contributed by atoms with Gasteiger partial charge in [0.1, 0.15) is 0 Å². The van der Waals surface area contributed by atoms with Crippen molar-refractivity contribution < 1.29 is 9.31 Å². The fraction of sp³-hybridized carbons (Fsp3) is 0.429. The topological polar surface area (TPSA) is 44.5 Å². The van der Waals surface area contributed by atoms with Gasteiger partial charge in [0.25, 0.3) is 0 Å². The molecule has 0 spiro atoms. The fourth-order valence-corrected chi connectivity index (χ4v) is 1.82. The average molecular weight is 245 g/mol. The minimum absolute atomic E-state index is 0.339. The predicted octanol–water partition coefficient (Wildman–Crippen LogP) is 2.91. The smallest absolute Gasteiger partial charge is 0.399 e. The lowest BCUT2D eigenvalue weighted by molar-refractivity contribution is 0.00578. The van der Waals surface area contributed by atoms with Gasteiger partial charge in [0.2, 0.25) is 0 Å². The molecular weight excluding hydrogens is 225 g/mol. The van der Waals surface area contributed by atoms with Crippen molar-refractivity contribution in [2.45, 2.75) is 38.9 Å². The Hall–Kier alpha value is -1.26. The number of benzene rings is 1. The summed E-state index contributed by atoms with van der Waals surface area (Å²) in [6, 6.07) is 7.57. The minimum Gasteiger partial charge on any atom is -0.399 e. The van der Waals surface area contributed by atoms with E-state index in [1.54, 1.807) is 0 Å². The van der Waals surface area contributed by atoms with Gasteiger partial charge in [-0.05, 0) is 50.9 Å². The van der Waals surface area contributed by atoms with E-state index in [0.29, 0.717) is 0 Å². The Morgan fingerprint density at radius 1 is 1.06 bits per heavy atom. The van der Waals surface area contributed by atoms with Crippen LogP contribution in [-0.2, 0) is 9.31 Å². The second kappa shape index (κ2) is 4.14. The van der Waals surface area contributed by atoms with Crippen molar-refractivity contribution in [1.82, 2.24) is 0 Å². The van der Waals surface area contributed by atoms with E-state index in [2.05, 4.69) is 6.58 Å². The molecular formula is C14H20BNO2. The first kappa shape index (κ1) is 13.2. The highest BCUT2D eigenvalue weighted by Gasteiger charge is 2.52. The molecule has 0 aliphatic carbocycles. The second-order valence-corrected chi connectivity index (χ2v) is 5.74. The van der Waals surface area contributed by atoms with Crippen LogP contribution in [0.2, 0.25) is 0 Å². The molecule has 2 N–H and O–H groups in total. The van der Waals surface area contributed by atoms with Gasteiger partial charge in [0, 0.05) is 5.69 Å². The van der Waals surface area contributed by atoms with Crippen LogP contribution in [0, 0.1) is 0 Å². The molecule has 0 radical (unpaired) electrons. The zero-order valence-corrected chi connectivity index (χ0v) is 11.5. The lowest BCUT2D eigenvalue weighted by Gasteiger charge is -2.32. The van der Waals surface area contributed by atoms with E-state index in [1.165, 1.54) is 0 Å². The van der Waals surface area contributed by atoms with E-state index in [-0.39, 0.29) is 11.2 Å². The first-order valence-corrected chi connectivity index (χ1v) is 6.13. The van der Waals surface area contributed by atoms with Crippen LogP contribution in [0.1, 0.15) is 33.3 Å². The Kier molecular flexibility index (Phi) is 3.03. The normalized spacial score (nSPS) is 21.0. The van der Waals surface area contributed by atoms with Crippen molar-refractivity contribution >= 4 is 18.3 Å². The molecule has 96 valence electrons. The summed E-state index contributed by atoms with van der Waals surface area (Å²) in [7, 11) is -0.404. The maximum Gasteiger partial charge on any atom is 0.494 e. The third kappa shape index (κ3) is 2.18. The van der Waals surface area contributed by atoms with Gasteiger partial charge in [-0.1, -0.05) is 18.7 Å². The highest BCUT2D eigenvalue weighted by molar-refractivity contribution is 6.68. The van der Waals surface area contributed by atoms with Crippen LogP contribution in [0.3, 0.4) is 0 Å². The second-order valence-electron chi connectivity index (χ2n) is 5.74. The summed E-state index contributed by atoms with van der Waals surface area (Å²) in [5, 5.41) is 0. The summed E-state index contributed by atoms with van der Waals surface area (Å²) >= 11 is 0. The zero-order chi connectivity index (χ0) is 13.6. The van der Waals surface area contributed by atoms with Crippen LogP contribution in [0.15, 0.2) is 30.8 Å². The van der Waals surface area contributed by atoms with Crippen molar-refractivity contribution in [1.29, 1.82) is 0 Å². The van der Waals surface area contributed by atoms with Crippen molar-refractivity contribution in [2.75, 3.05) is 5.73 Å². The molecule has 0 amide bonds. The largest absolute Gasteiger partial charge is 0.494 e. The lowest BCUT2D eigenvalue weighted by Crippen LogP contribution is -2.41. The standard InChI is InChI=1S/C14H20BNO2/c1-10(11-6-8-12(16)9-7-11)15-17-13(2,3)14(4,5)18-15/h6-9H,1,16H2,2-5H3. The summed E-state index contributed by atoms with van der Waals surface area (Å²) in [5.74, 6) is 0. The molecule has 0 aromatic heterocycles. The van der Waals surface area contributed by atoms with Gasteiger partial charge in [0.15, 0.2) is 0 Å². The molecule has 1 heterocycles. The molecule has 1 aliphatic rings. The summed E-state index contributed by atoms with van der Waals surface area (Å²) < 4.78 is 11.9.